The zero-order chi connectivity index (χ0) is 29.0. The van der Waals surface area contributed by atoms with Gasteiger partial charge in [0.05, 0.1) is 0 Å². The number of carbonyl (C=O) groups is 4. The first-order valence-corrected chi connectivity index (χ1v) is 14.3. The van der Waals surface area contributed by atoms with E-state index in [1.165, 1.54) is 5.01 Å². The van der Waals surface area contributed by atoms with E-state index in [9.17, 15) is 19.2 Å². The monoisotopic (exact) mass is 551 g/mol. The summed E-state index contributed by atoms with van der Waals surface area (Å²) < 4.78 is 5.81. The van der Waals surface area contributed by atoms with E-state index in [4.69, 9.17) is 4.74 Å². The van der Waals surface area contributed by atoms with Crippen molar-refractivity contribution >= 4 is 34.5 Å². The Hall–Kier alpha value is -3.53. The van der Waals surface area contributed by atoms with Gasteiger partial charge in [-0.15, -0.1) is 0 Å². The van der Waals surface area contributed by atoms with Crippen molar-refractivity contribution in [1.82, 2.24) is 26.1 Å². The van der Waals surface area contributed by atoms with Crippen LogP contribution in [0.15, 0.2) is 30.5 Å². The summed E-state index contributed by atoms with van der Waals surface area (Å²) in [6, 6.07) is 5.64. The summed E-state index contributed by atoms with van der Waals surface area (Å²) in [6.07, 6.45) is 4.61. The predicted octanol–water partition coefficient (Wildman–Crippen LogP) is 2.95. The molecule has 1 saturated heterocycles. The summed E-state index contributed by atoms with van der Waals surface area (Å²) in [5, 5.41) is 9.01. The number of hydrogen-bond donors (Lipinski definition) is 3. The summed E-state index contributed by atoms with van der Waals surface area (Å²) in [6.45, 7) is 9.40. The number of carbonyl (C=O) groups excluding carboxylic acids is 4. The van der Waals surface area contributed by atoms with E-state index in [-0.39, 0.29) is 23.7 Å². The third-order valence-electron chi connectivity index (χ3n) is 7.80. The number of hydrogen-bond acceptors (Lipinski definition) is 7. The van der Waals surface area contributed by atoms with E-state index >= 15 is 0 Å². The van der Waals surface area contributed by atoms with Crippen molar-refractivity contribution in [2.24, 2.45) is 11.8 Å². The number of fused-ring (bicyclic) bond motifs is 4. The van der Waals surface area contributed by atoms with Crippen LogP contribution in [0.5, 0.6) is 0 Å². The highest BCUT2D eigenvalue weighted by Crippen LogP contribution is 2.25. The molecule has 0 unspecified atom stereocenters. The first kappa shape index (κ1) is 29.5. The lowest BCUT2D eigenvalue weighted by atomic mass is 9.98. The molecule has 10 heteroatoms. The zero-order valence-electron chi connectivity index (χ0n) is 24.0. The second kappa shape index (κ2) is 12.8. The maximum atomic E-state index is 13.2. The Balaban J connectivity index is 1.60. The minimum Gasteiger partial charge on any atom is -0.457 e. The van der Waals surface area contributed by atoms with Crippen molar-refractivity contribution in [3.63, 3.8) is 0 Å². The maximum Gasteiger partial charge on any atom is 0.325 e. The van der Waals surface area contributed by atoms with Crippen molar-refractivity contribution in [3.05, 3.63) is 41.7 Å². The first-order chi connectivity index (χ1) is 19.0. The Morgan fingerprint density at radius 3 is 2.48 bits per heavy atom. The molecule has 3 N–H and O–H groups in total. The quantitative estimate of drug-likeness (QED) is 0.465. The zero-order valence-corrected chi connectivity index (χ0v) is 24.0. The molecule has 4 rings (SSSR count). The van der Waals surface area contributed by atoms with Gasteiger partial charge in [0.1, 0.15) is 24.2 Å². The van der Waals surface area contributed by atoms with Gasteiger partial charge in [0.15, 0.2) is 0 Å². The molecule has 0 radical (unpaired) electrons. The number of ether oxygens (including phenoxy) is 1. The van der Waals surface area contributed by atoms with E-state index in [1.807, 2.05) is 58.2 Å². The molecule has 0 saturated carbocycles. The molecule has 40 heavy (non-hydrogen) atoms. The summed E-state index contributed by atoms with van der Waals surface area (Å²) in [7, 11) is 0. The summed E-state index contributed by atoms with van der Waals surface area (Å²) in [5.74, 6) is -1.87. The van der Waals surface area contributed by atoms with E-state index < -0.39 is 36.1 Å². The SMILES string of the molecule is CC(C)[C@@H]1NC(=O)[C@H](C)CCCc2cc3cc(ccc3cn2)[C@@H](C)OC(=O)[C@@H]2CCCN(N2)C(=O)[C@H](C)NC1=O. The number of esters is 1. The molecule has 1 aromatic heterocycles. The molecule has 0 aliphatic carbocycles. The number of aryl methyl sites for hydroxylation is 1. The molecule has 2 aromatic rings. The van der Waals surface area contributed by atoms with Gasteiger partial charge < -0.3 is 15.4 Å². The minimum absolute atomic E-state index is 0.176. The van der Waals surface area contributed by atoms with Crippen molar-refractivity contribution in [2.45, 2.75) is 91.0 Å². The summed E-state index contributed by atoms with van der Waals surface area (Å²) >= 11 is 0. The second-order valence-corrected chi connectivity index (χ2v) is 11.4. The first-order valence-electron chi connectivity index (χ1n) is 14.3. The number of benzene rings is 1. The predicted molar refractivity (Wildman–Crippen MR) is 151 cm³/mol. The van der Waals surface area contributed by atoms with Crippen LogP contribution in [0.25, 0.3) is 10.8 Å². The van der Waals surface area contributed by atoms with Gasteiger partial charge in [-0.1, -0.05) is 32.9 Å². The second-order valence-electron chi connectivity index (χ2n) is 11.4. The number of hydrazine groups is 1. The van der Waals surface area contributed by atoms with E-state index in [0.29, 0.717) is 32.2 Å². The highest BCUT2D eigenvalue weighted by Gasteiger charge is 2.34. The van der Waals surface area contributed by atoms with Gasteiger partial charge in [-0.05, 0) is 75.0 Å². The lowest BCUT2D eigenvalue weighted by Gasteiger charge is -2.35. The number of aromatic nitrogens is 1. The molecular formula is C30H41N5O5. The van der Waals surface area contributed by atoms with Crippen molar-refractivity contribution in [3.8, 4) is 0 Å². The van der Waals surface area contributed by atoms with E-state index in [1.54, 1.807) is 6.92 Å². The normalized spacial score (nSPS) is 27.6. The van der Waals surface area contributed by atoms with Gasteiger partial charge in [0.25, 0.3) is 5.91 Å². The van der Waals surface area contributed by atoms with Crippen LogP contribution in [0, 0.1) is 11.8 Å². The lowest BCUT2D eigenvalue weighted by Crippen LogP contribution is -2.61. The molecule has 10 nitrogen and oxygen atoms in total. The Morgan fingerprint density at radius 2 is 1.73 bits per heavy atom. The van der Waals surface area contributed by atoms with Gasteiger partial charge in [0, 0.05) is 29.7 Å². The highest BCUT2D eigenvalue weighted by atomic mass is 16.5. The molecule has 216 valence electrons. The number of rotatable bonds is 1. The fraction of sp³-hybridized carbons (Fsp3) is 0.567. The molecule has 0 spiro atoms. The van der Waals surface area contributed by atoms with Crippen LogP contribution >= 0.6 is 0 Å². The molecule has 2 aliphatic rings. The fourth-order valence-electron chi connectivity index (χ4n) is 5.18. The third kappa shape index (κ3) is 6.96. The Kier molecular flexibility index (Phi) is 9.40. The Labute approximate surface area is 235 Å². The summed E-state index contributed by atoms with van der Waals surface area (Å²) in [4.78, 5) is 56.9. The minimum atomic E-state index is -0.852. The van der Waals surface area contributed by atoms with Gasteiger partial charge in [0.2, 0.25) is 11.8 Å². The van der Waals surface area contributed by atoms with Crippen molar-refractivity contribution in [2.75, 3.05) is 6.54 Å². The average molecular weight is 552 g/mol. The molecule has 1 aromatic carbocycles. The van der Waals surface area contributed by atoms with Crippen molar-refractivity contribution < 1.29 is 23.9 Å². The van der Waals surface area contributed by atoms with Gasteiger partial charge >= 0.3 is 5.97 Å². The number of nitrogens with zero attached hydrogens (tertiary/aromatic N) is 2. The van der Waals surface area contributed by atoms with Gasteiger partial charge in [-0.25, -0.2) is 5.43 Å². The molecular weight excluding hydrogens is 510 g/mol. The molecule has 3 heterocycles. The largest absolute Gasteiger partial charge is 0.457 e. The van der Waals surface area contributed by atoms with Crippen LogP contribution in [-0.4, -0.2) is 58.4 Å². The highest BCUT2D eigenvalue weighted by molar-refractivity contribution is 5.92. The maximum absolute atomic E-state index is 13.2. The van der Waals surface area contributed by atoms with Gasteiger partial charge in [-0.3, -0.25) is 29.2 Å². The van der Waals surface area contributed by atoms with Crippen LogP contribution in [0.4, 0.5) is 0 Å². The topological polar surface area (TPSA) is 130 Å². The number of amides is 3. The Bertz CT molecular complexity index is 1260. The Morgan fingerprint density at radius 1 is 0.950 bits per heavy atom. The van der Waals surface area contributed by atoms with Crippen LogP contribution in [0.1, 0.15) is 77.7 Å². The summed E-state index contributed by atoms with van der Waals surface area (Å²) in [5.41, 5.74) is 4.79. The van der Waals surface area contributed by atoms with Crippen LogP contribution in [0.3, 0.4) is 0 Å². The van der Waals surface area contributed by atoms with E-state index in [2.05, 4.69) is 21.0 Å². The average Bonchev–Trinajstić information content (AvgIpc) is 2.94. The number of nitrogens with one attached hydrogen (secondary N) is 3. The van der Waals surface area contributed by atoms with Gasteiger partial charge in [-0.2, -0.15) is 0 Å². The van der Waals surface area contributed by atoms with Crippen molar-refractivity contribution in [1.29, 1.82) is 0 Å². The molecule has 3 amide bonds. The molecule has 2 aliphatic heterocycles. The molecule has 5 bridgehead atoms. The smallest absolute Gasteiger partial charge is 0.325 e. The number of cyclic esters (lactones) is 1. The molecule has 1 fully saturated rings. The lowest BCUT2D eigenvalue weighted by molar-refractivity contribution is -0.157. The van der Waals surface area contributed by atoms with Crippen LogP contribution < -0.4 is 16.1 Å². The fourth-order valence-corrected chi connectivity index (χ4v) is 5.18. The van der Waals surface area contributed by atoms with E-state index in [0.717, 1.165) is 28.5 Å². The number of pyridine rings is 1. The molecule has 5 atom stereocenters. The third-order valence-corrected chi connectivity index (χ3v) is 7.80. The standard InChI is InChI=1S/C30H41N5O5/c1-17(2)26-28(37)32-19(4)29(38)35-13-7-10-25(34-35)30(39)40-20(5)21-11-12-22-16-31-24(15-23(22)14-21)9-6-8-18(3)27(36)33-26/h11-12,14-20,25-26,34H,6-10,13H2,1-5H3,(H,32,37)(H,33,36)/t18-,19+,20-,25+,26+/m1/s1. The van der Waals surface area contributed by atoms with Crippen LogP contribution in [0.2, 0.25) is 0 Å². The van der Waals surface area contributed by atoms with Crippen LogP contribution in [-0.2, 0) is 30.3 Å².